The van der Waals surface area contributed by atoms with E-state index in [2.05, 4.69) is 0 Å². The van der Waals surface area contributed by atoms with Gasteiger partial charge in [-0.2, -0.15) is 13.2 Å². The van der Waals surface area contributed by atoms with Crippen LogP contribution in [0.3, 0.4) is 0 Å². The highest BCUT2D eigenvalue weighted by Gasteiger charge is 2.50. The van der Waals surface area contributed by atoms with E-state index in [1.54, 1.807) is 12.1 Å². The Kier molecular flexibility index (Phi) is 4.15. The van der Waals surface area contributed by atoms with E-state index in [-0.39, 0.29) is 12.7 Å². The summed E-state index contributed by atoms with van der Waals surface area (Å²) in [4.78, 5) is 0. The Hall–Kier alpha value is -1.01. The molecule has 0 aromatic heterocycles. The largest absolute Gasteiger partial charge is 0.462 e. The molecule has 1 saturated heterocycles. The lowest BCUT2D eigenvalue weighted by Gasteiger charge is -2.32. The highest BCUT2D eigenvalue weighted by Crippen LogP contribution is 2.37. The van der Waals surface area contributed by atoms with Gasteiger partial charge in [-0.05, 0) is 38.8 Å². The maximum atomic E-state index is 12.3. The van der Waals surface area contributed by atoms with Crippen molar-refractivity contribution in [1.82, 2.24) is 0 Å². The van der Waals surface area contributed by atoms with Gasteiger partial charge in [-0.1, -0.05) is 24.3 Å². The van der Waals surface area contributed by atoms with E-state index in [1.807, 2.05) is 27.7 Å². The summed E-state index contributed by atoms with van der Waals surface area (Å²) in [6.07, 6.45) is -4.55. The zero-order valence-electron chi connectivity index (χ0n) is 12.8. The van der Waals surface area contributed by atoms with Crippen LogP contribution in [0.15, 0.2) is 24.3 Å². The topological polar surface area (TPSA) is 18.5 Å². The molecule has 6 heteroatoms. The van der Waals surface area contributed by atoms with Gasteiger partial charge in [-0.15, -0.1) is 0 Å². The molecule has 1 aliphatic rings. The summed E-state index contributed by atoms with van der Waals surface area (Å²) in [6, 6.07) is 6.42. The third-order valence-electron chi connectivity index (χ3n) is 4.13. The summed E-state index contributed by atoms with van der Waals surface area (Å²) in [5.74, 6) is 0. The first-order valence-electron chi connectivity index (χ1n) is 6.99. The van der Waals surface area contributed by atoms with E-state index < -0.39 is 23.8 Å². The van der Waals surface area contributed by atoms with Crippen LogP contribution < -0.4 is 0 Å². The first-order valence-corrected chi connectivity index (χ1v) is 6.99. The highest BCUT2D eigenvalue weighted by atomic mass is 19.4. The molecule has 0 N–H and O–H groups in total. The van der Waals surface area contributed by atoms with Crippen LogP contribution in [-0.2, 0) is 22.0 Å². The van der Waals surface area contributed by atoms with Gasteiger partial charge in [-0.25, -0.2) is 0 Å². The van der Waals surface area contributed by atoms with Crippen molar-refractivity contribution in [2.45, 2.75) is 57.8 Å². The minimum Gasteiger partial charge on any atom is -0.403 e. The zero-order valence-corrected chi connectivity index (χ0v) is 12.8. The van der Waals surface area contributed by atoms with Crippen molar-refractivity contribution in [2.24, 2.45) is 0 Å². The molecule has 1 heterocycles. The number of hydrogen-bond acceptors (Lipinski definition) is 2. The number of rotatable bonds is 3. The zero-order chi connectivity index (χ0) is 15.9. The van der Waals surface area contributed by atoms with Gasteiger partial charge < -0.3 is 9.31 Å². The predicted octanol–water partition coefficient (Wildman–Crippen LogP) is 3.97. The van der Waals surface area contributed by atoms with Crippen LogP contribution in [0.25, 0.3) is 0 Å². The predicted molar refractivity (Wildman–Crippen MR) is 76.0 cm³/mol. The van der Waals surface area contributed by atoms with Crippen molar-refractivity contribution in [3.8, 4) is 0 Å². The van der Waals surface area contributed by atoms with E-state index in [0.717, 1.165) is 5.56 Å². The van der Waals surface area contributed by atoms with E-state index in [1.165, 1.54) is 12.1 Å². The average Bonchev–Trinajstić information content (AvgIpc) is 2.48. The minimum absolute atomic E-state index is 0.264. The Morgan fingerprint density at radius 2 is 1.33 bits per heavy atom. The van der Waals surface area contributed by atoms with Gasteiger partial charge in [0.15, 0.2) is 0 Å². The third kappa shape index (κ3) is 4.01. The smallest absolute Gasteiger partial charge is 0.403 e. The molecule has 0 saturated carbocycles. The van der Waals surface area contributed by atoms with Crippen molar-refractivity contribution >= 4 is 7.12 Å². The SMILES string of the molecule is CC1(C)OB(Cc2ccc(CC(F)(F)F)cc2)OC1(C)C. The normalized spacial score (nSPS) is 20.8. The molecule has 1 aromatic rings. The highest BCUT2D eigenvalue weighted by molar-refractivity contribution is 6.45. The molecule has 1 aliphatic heterocycles. The summed E-state index contributed by atoms with van der Waals surface area (Å²) in [5, 5.41) is 0. The van der Waals surface area contributed by atoms with Gasteiger partial charge >= 0.3 is 13.3 Å². The van der Waals surface area contributed by atoms with Crippen LogP contribution >= 0.6 is 0 Å². The molecule has 2 rings (SSSR count). The molecule has 0 atom stereocenters. The Morgan fingerprint density at radius 3 is 1.76 bits per heavy atom. The summed E-state index contributed by atoms with van der Waals surface area (Å²) in [7, 11) is -0.372. The third-order valence-corrected chi connectivity index (χ3v) is 4.13. The van der Waals surface area contributed by atoms with Crippen LogP contribution in [0.1, 0.15) is 38.8 Å². The lowest BCUT2D eigenvalue weighted by Crippen LogP contribution is -2.41. The fourth-order valence-corrected chi connectivity index (χ4v) is 2.27. The molecule has 1 fully saturated rings. The Balaban J connectivity index is 1.99. The van der Waals surface area contributed by atoms with Gasteiger partial charge in [0.25, 0.3) is 0 Å². The van der Waals surface area contributed by atoms with Gasteiger partial charge in [0.05, 0.1) is 17.6 Å². The molecule has 0 amide bonds. The van der Waals surface area contributed by atoms with E-state index in [4.69, 9.17) is 9.31 Å². The fourth-order valence-electron chi connectivity index (χ4n) is 2.27. The second kappa shape index (κ2) is 5.32. The van der Waals surface area contributed by atoms with Crippen molar-refractivity contribution in [3.63, 3.8) is 0 Å². The number of hydrogen-bond donors (Lipinski definition) is 0. The quantitative estimate of drug-likeness (QED) is 0.787. The first kappa shape index (κ1) is 16.4. The molecule has 1 aromatic carbocycles. The maximum Gasteiger partial charge on any atom is 0.462 e. The summed E-state index contributed by atoms with van der Waals surface area (Å²) in [6.45, 7) is 7.89. The molecule has 0 aliphatic carbocycles. The maximum absolute atomic E-state index is 12.3. The van der Waals surface area contributed by atoms with Crippen LogP contribution in [-0.4, -0.2) is 24.5 Å². The van der Waals surface area contributed by atoms with Crippen LogP contribution in [0, 0.1) is 0 Å². The van der Waals surface area contributed by atoms with Gasteiger partial charge in [-0.3, -0.25) is 0 Å². The van der Waals surface area contributed by atoms with Gasteiger partial charge in [0.1, 0.15) is 0 Å². The Bertz CT molecular complexity index is 479. The molecule has 0 bridgehead atoms. The van der Waals surface area contributed by atoms with E-state index in [9.17, 15) is 13.2 Å². The molecule has 21 heavy (non-hydrogen) atoms. The van der Waals surface area contributed by atoms with Crippen molar-refractivity contribution < 1.29 is 22.5 Å². The summed E-state index contributed by atoms with van der Waals surface area (Å²) in [5.41, 5.74) is 0.376. The van der Waals surface area contributed by atoms with Crippen molar-refractivity contribution in [1.29, 1.82) is 0 Å². The minimum atomic E-state index is -4.17. The van der Waals surface area contributed by atoms with Crippen molar-refractivity contribution in [2.75, 3.05) is 0 Å². The molecule has 0 unspecified atom stereocenters. The molecular weight excluding hydrogens is 280 g/mol. The monoisotopic (exact) mass is 300 g/mol. The van der Waals surface area contributed by atoms with Crippen molar-refractivity contribution in [3.05, 3.63) is 35.4 Å². The Morgan fingerprint density at radius 1 is 0.905 bits per heavy atom. The van der Waals surface area contributed by atoms with Gasteiger partial charge in [0, 0.05) is 6.32 Å². The van der Waals surface area contributed by atoms with Crippen LogP contribution in [0.5, 0.6) is 0 Å². The number of alkyl halides is 3. The number of benzene rings is 1. The molecule has 116 valence electrons. The summed E-state index contributed by atoms with van der Waals surface area (Å²) < 4.78 is 48.7. The van der Waals surface area contributed by atoms with E-state index >= 15 is 0 Å². The van der Waals surface area contributed by atoms with Crippen LogP contribution in [0.4, 0.5) is 13.2 Å². The Labute approximate surface area is 123 Å². The molecule has 0 radical (unpaired) electrons. The molecule has 0 spiro atoms. The summed E-state index contributed by atoms with van der Waals surface area (Å²) >= 11 is 0. The second-order valence-corrected chi connectivity index (χ2v) is 6.50. The second-order valence-electron chi connectivity index (χ2n) is 6.50. The first-order chi connectivity index (χ1) is 9.48. The standard InChI is InChI=1S/C15H20BF3O2/c1-13(2)14(3,4)21-16(20-13)10-12-7-5-11(6-8-12)9-15(17,18)19/h5-8H,9-10H2,1-4H3. The lowest BCUT2D eigenvalue weighted by molar-refractivity contribution is -0.127. The molecule has 2 nitrogen and oxygen atoms in total. The van der Waals surface area contributed by atoms with Gasteiger partial charge in [0.2, 0.25) is 0 Å². The fraction of sp³-hybridized carbons (Fsp3) is 0.600. The molecular formula is C15H20BF3O2. The van der Waals surface area contributed by atoms with Crippen LogP contribution in [0.2, 0.25) is 0 Å². The average molecular weight is 300 g/mol. The lowest BCUT2D eigenvalue weighted by atomic mass is 9.80. The number of halogens is 3. The van der Waals surface area contributed by atoms with E-state index in [0.29, 0.717) is 6.32 Å².